The number of hydrogen-bond acceptors (Lipinski definition) is 2. The third-order valence-corrected chi connectivity index (χ3v) is 3.87. The lowest BCUT2D eigenvalue weighted by Gasteiger charge is -2.33. The zero-order valence-corrected chi connectivity index (χ0v) is 12.6. The lowest BCUT2D eigenvalue weighted by molar-refractivity contribution is -0.142. The van der Waals surface area contributed by atoms with E-state index in [4.69, 9.17) is 0 Å². The topological polar surface area (TPSA) is 69.6 Å². The van der Waals surface area contributed by atoms with Gasteiger partial charge in [0.2, 0.25) is 0 Å². The molecule has 1 aliphatic heterocycles. The number of urea groups is 1. The number of carboxylic acid groups (broad SMARTS) is 1. The van der Waals surface area contributed by atoms with Gasteiger partial charge in [-0.05, 0) is 31.6 Å². The second kappa shape index (κ2) is 5.80. The van der Waals surface area contributed by atoms with Crippen molar-refractivity contribution in [2.75, 3.05) is 0 Å². The van der Waals surface area contributed by atoms with Crippen LogP contribution in [0.4, 0.5) is 4.79 Å². The molecule has 0 aliphatic carbocycles. The Kier molecular flexibility index (Phi) is 4.82. The molecule has 0 spiro atoms. The summed E-state index contributed by atoms with van der Waals surface area (Å²) in [7, 11) is 0. The number of amides is 2. The smallest absolute Gasteiger partial charge is 0.326 e. The van der Waals surface area contributed by atoms with Crippen molar-refractivity contribution in [2.24, 2.45) is 5.41 Å². The Morgan fingerprint density at radius 1 is 1.37 bits per heavy atom. The van der Waals surface area contributed by atoms with Gasteiger partial charge >= 0.3 is 12.0 Å². The van der Waals surface area contributed by atoms with Crippen LogP contribution in [0.5, 0.6) is 0 Å². The standard InChI is InChI=1S/C14H26N2O3/c1-6-10-8-7-9(2)16(10)13(19)15-11(12(17)18)14(3,4)5/h9-11H,6-8H2,1-5H3,(H,15,19)(H,17,18)/t9?,10?,11-/m0/s1. The molecule has 0 aromatic rings. The lowest BCUT2D eigenvalue weighted by atomic mass is 9.87. The van der Waals surface area contributed by atoms with Gasteiger partial charge in [-0.3, -0.25) is 0 Å². The Hall–Kier alpha value is -1.26. The number of carbonyl (C=O) groups is 2. The van der Waals surface area contributed by atoms with Gasteiger partial charge in [0.05, 0.1) is 0 Å². The first-order valence-electron chi connectivity index (χ1n) is 7.00. The summed E-state index contributed by atoms with van der Waals surface area (Å²) in [6.45, 7) is 9.52. The number of likely N-dealkylation sites (tertiary alicyclic amines) is 1. The Morgan fingerprint density at radius 2 is 1.95 bits per heavy atom. The molecule has 0 aromatic heterocycles. The van der Waals surface area contributed by atoms with E-state index in [0.29, 0.717) is 0 Å². The maximum absolute atomic E-state index is 12.3. The van der Waals surface area contributed by atoms with Gasteiger partial charge in [-0.1, -0.05) is 27.7 Å². The first-order chi connectivity index (χ1) is 8.68. The van der Waals surface area contributed by atoms with Crippen molar-refractivity contribution in [2.45, 2.75) is 72.0 Å². The van der Waals surface area contributed by atoms with Crippen LogP contribution in [0.15, 0.2) is 0 Å². The van der Waals surface area contributed by atoms with Crippen LogP contribution >= 0.6 is 0 Å². The molecule has 5 nitrogen and oxygen atoms in total. The number of nitrogens with zero attached hydrogens (tertiary/aromatic N) is 1. The van der Waals surface area contributed by atoms with E-state index in [1.165, 1.54) is 0 Å². The summed E-state index contributed by atoms with van der Waals surface area (Å²) in [5.74, 6) is -0.985. The summed E-state index contributed by atoms with van der Waals surface area (Å²) >= 11 is 0. The molecule has 3 atom stereocenters. The highest BCUT2D eigenvalue weighted by Gasteiger charge is 2.38. The van der Waals surface area contributed by atoms with Crippen LogP contribution in [0.25, 0.3) is 0 Å². The van der Waals surface area contributed by atoms with Gasteiger partial charge in [0.15, 0.2) is 0 Å². The van der Waals surface area contributed by atoms with Crippen LogP contribution in [-0.2, 0) is 4.79 Å². The molecule has 0 aromatic carbocycles. The minimum absolute atomic E-state index is 0.180. The minimum atomic E-state index is -0.985. The Morgan fingerprint density at radius 3 is 2.37 bits per heavy atom. The van der Waals surface area contributed by atoms with E-state index in [2.05, 4.69) is 12.2 Å². The van der Waals surface area contributed by atoms with Crippen molar-refractivity contribution in [3.05, 3.63) is 0 Å². The fourth-order valence-electron chi connectivity index (χ4n) is 2.69. The summed E-state index contributed by atoms with van der Waals surface area (Å²) in [6.07, 6.45) is 2.89. The van der Waals surface area contributed by atoms with E-state index in [-0.39, 0.29) is 18.1 Å². The number of rotatable bonds is 3. The SMILES string of the molecule is CCC1CCC(C)N1C(=O)N[C@@H](C(=O)O)C(C)(C)C. The highest BCUT2D eigenvalue weighted by molar-refractivity contribution is 5.83. The summed E-state index contributed by atoms with van der Waals surface area (Å²) in [6, 6.07) is -0.715. The van der Waals surface area contributed by atoms with Crippen molar-refractivity contribution in [3.8, 4) is 0 Å². The molecule has 1 saturated heterocycles. The van der Waals surface area contributed by atoms with Gasteiger partial charge in [0, 0.05) is 12.1 Å². The van der Waals surface area contributed by atoms with Crippen molar-refractivity contribution >= 4 is 12.0 Å². The van der Waals surface area contributed by atoms with Gasteiger partial charge in [-0.2, -0.15) is 0 Å². The summed E-state index contributed by atoms with van der Waals surface area (Å²) in [5.41, 5.74) is -0.508. The number of carbonyl (C=O) groups excluding carboxylic acids is 1. The Bertz CT molecular complexity index is 349. The maximum Gasteiger partial charge on any atom is 0.326 e. The highest BCUT2D eigenvalue weighted by Crippen LogP contribution is 2.27. The third-order valence-electron chi connectivity index (χ3n) is 3.87. The van der Waals surface area contributed by atoms with E-state index in [0.717, 1.165) is 19.3 Å². The van der Waals surface area contributed by atoms with Crippen LogP contribution in [0.2, 0.25) is 0 Å². The molecule has 2 amide bonds. The molecule has 2 unspecified atom stereocenters. The predicted molar refractivity (Wildman–Crippen MR) is 74.0 cm³/mol. The van der Waals surface area contributed by atoms with Crippen LogP contribution in [0.1, 0.15) is 53.9 Å². The second-order valence-corrected chi connectivity index (χ2v) is 6.48. The number of hydrogen-bond donors (Lipinski definition) is 2. The van der Waals surface area contributed by atoms with Gasteiger partial charge in [-0.15, -0.1) is 0 Å². The highest BCUT2D eigenvalue weighted by atomic mass is 16.4. The third kappa shape index (κ3) is 3.61. The van der Waals surface area contributed by atoms with Crippen LogP contribution < -0.4 is 5.32 Å². The fourth-order valence-corrected chi connectivity index (χ4v) is 2.69. The van der Waals surface area contributed by atoms with Crippen molar-refractivity contribution in [3.63, 3.8) is 0 Å². The minimum Gasteiger partial charge on any atom is -0.480 e. The summed E-state index contributed by atoms with van der Waals surface area (Å²) < 4.78 is 0. The van der Waals surface area contributed by atoms with Crippen molar-refractivity contribution in [1.29, 1.82) is 0 Å². The number of aliphatic carboxylic acids is 1. The molecule has 0 saturated carbocycles. The number of carboxylic acids is 1. The van der Waals surface area contributed by atoms with E-state index >= 15 is 0 Å². The van der Waals surface area contributed by atoms with E-state index in [1.807, 2.05) is 32.6 Å². The average molecular weight is 270 g/mol. The largest absolute Gasteiger partial charge is 0.480 e. The molecule has 5 heteroatoms. The summed E-state index contributed by atoms with van der Waals surface area (Å²) in [4.78, 5) is 25.4. The zero-order chi connectivity index (χ0) is 14.8. The second-order valence-electron chi connectivity index (χ2n) is 6.48. The fraction of sp³-hybridized carbons (Fsp3) is 0.857. The van der Waals surface area contributed by atoms with E-state index < -0.39 is 17.4 Å². The maximum atomic E-state index is 12.3. The quantitative estimate of drug-likeness (QED) is 0.827. The molecule has 2 N–H and O–H groups in total. The molecular formula is C14H26N2O3. The zero-order valence-electron chi connectivity index (χ0n) is 12.6. The van der Waals surface area contributed by atoms with Gasteiger partial charge in [0.25, 0.3) is 0 Å². The van der Waals surface area contributed by atoms with Gasteiger partial charge in [-0.25, -0.2) is 9.59 Å². The monoisotopic (exact) mass is 270 g/mol. The Labute approximate surface area is 115 Å². The summed E-state index contributed by atoms with van der Waals surface area (Å²) in [5, 5.41) is 11.9. The lowest BCUT2D eigenvalue weighted by Crippen LogP contribution is -2.55. The molecule has 1 fully saturated rings. The first kappa shape index (κ1) is 15.8. The molecule has 110 valence electrons. The van der Waals surface area contributed by atoms with Crippen LogP contribution in [0.3, 0.4) is 0 Å². The van der Waals surface area contributed by atoms with Gasteiger partial charge < -0.3 is 15.3 Å². The first-order valence-corrected chi connectivity index (χ1v) is 7.00. The normalized spacial score (nSPS) is 25.2. The van der Waals surface area contributed by atoms with E-state index in [9.17, 15) is 14.7 Å². The molecular weight excluding hydrogens is 244 g/mol. The van der Waals surface area contributed by atoms with Crippen LogP contribution in [-0.4, -0.2) is 40.1 Å². The molecule has 1 heterocycles. The Balaban J connectivity index is 2.80. The molecule has 19 heavy (non-hydrogen) atoms. The van der Waals surface area contributed by atoms with Gasteiger partial charge in [0.1, 0.15) is 6.04 Å². The predicted octanol–water partition coefficient (Wildman–Crippen LogP) is 2.46. The van der Waals surface area contributed by atoms with Crippen LogP contribution in [0, 0.1) is 5.41 Å². The molecule has 0 bridgehead atoms. The molecule has 0 radical (unpaired) electrons. The molecule has 1 aliphatic rings. The molecule has 1 rings (SSSR count). The average Bonchev–Trinajstić information content (AvgIpc) is 2.65. The van der Waals surface area contributed by atoms with Crippen molar-refractivity contribution < 1.29 is 14.7 Å². The van der Waals surface area contributed by atoms with E-state index in [1.54, 1.807) is 0 Å². The number of nitrogens with one attached hydrogen (secondary N) is 1. The van der Waals surface area contributed by atoms with Crippen molar-refractivity contribution in [1.82, 2.24) is 10.2 Å².